The largest absolute Gasteiger partial charge is 0.497 e. The van der Waals surface area contributed by atoms with Gasteiger partial charge in [-0.1, -0.05) is 12.1 Å². The Morgan fingerprint density at radius 1 is 1.20 bits per heavy atom. The maximum atomic E-state index is 5.59. The van der Waals surface area contributed by atoms with E-state index in [2.05, 4.69) is 22.6 Å². The summed E-state index contributed by atoms with van der Waals surface area (Å²) in [5.74, 6) is 1.85. The van der Waals surface area contributed by atoms with E-state index in [9.17, 15) is 0 Å². The molecule has 0 aliphatic heterocycles. The first-order valence-electron chi connectivity index (χ1n) is 4.72. The molecule has 0 saturated carbocycles. The fourth-order valence-electron chi connectivity index (χ4n) is 1.01. The van der Waals surface area contributed by atoms with E-state index in [1.807, 2.05) is 38.1 Å². The lowest BCUT2D eigenvalue weighted by Gasteiger charge is -2.08. The molecule has 15 heavy (non-hydrogen) atoms. The summed E-state index contributed by atoms with van der Waals surface area (Å²) in [6, 6.07) is 7.90. The van der Waals surface area contributed by atoms with Gasteiger partial charge in [0.05, 0.1) is 7.11 Å². The van der Waals surface area contributed by atoms with Gasteiger partial charge in [0.25, 0.3) is 0 Å². The molecule has 1 rings (SSSR count). The molecule has 1 aromatic carbocycles. The molecule has 82 valence electrons. The fraction of sp³-hybridized carbons (Fsp3) is 0.333. The first-order valence-corrected chi connectivity index (χ1v) is 5.80. The van der Waals surface area contributed by atoms with Crippen molar-refractivity contribution in [1.29, 1.82) is 0 Å². The van der Waals surface area contributed by atoms with Crippen molar-refractivity contribution >= 4 is 22.6 Å². The molecule has 2 nitrogen and oxygen atoms in total. The van der Waals surface area contributed by atoms with Crippen LogP contribution < -0.4 is 4.74 Å². The van der Waals surface area contributed by atoms with Gasteiger partial charge < -0.3 is 9.47 Å². The number of rotatable bonds is 4. The number of halogens is 1. The number of allylic oxidation sites excluding steroid dienone is 2. The van der Waals surface area contributed by atoms with Crippen molar-refractivity contribution in [3.8, 4) is 5.75 Å². The van der Waals surface area contributed by atoms with Crippen LogP contribution in [-0.2, 0) is 11.3 Å². The highest BCUT2D eigenvalue weighted by molar-refractivity contribution is 14.1. The van der Waals surface area contributed by atoms with Crippen LogP contribution in [0.25, 0.3) is 0 Å². The predicted octanol–water partition coefficient (Wildman–Crippen LogP) is 3.90. The van der Waals surface area contributed by atoms with Crippen LogP contribution in [0.1, 0.15) is 19.4 Å². The van der Waals surface area contributed by atoms with Gasteiger partial charge in [0.1, 0.15) is 18.1 Å². The molecule has 0 aromatic heterocycles. The molecule has 0 heterocycles. The zero-order valence-corrected chi connectivity index (χ0v) is 11.4. The Labute approximate surface area is 104 Å². The first kappa shape index (κ1) is 12.4. The topological polar surface area (TPSA) is 18.5 Å². The monoisotopic (exact) mass is 318 g/mol. The standard InChI is InChI=1S/C12H15IO2/c1-9(13)10(2)15-8-11-4-6-12(14-3)7-5-11/h4-7H,8H2,1-3H3/b10-9-. The second kappa shape index (κ2) is 6.00. The van der Waals surface area contributed by atoms with Gasteiger partial charge in [-0.3, -0.25) is 0 Å². The van der Waals surface area contributed by atoms with E-state index >= 15 is 0 Å². The van der Waals surface area contributed by atoms with Crippen LogP contribution in [0.3, 0.4) is 0 Å². The maximum Gasteiger partial charge on any atom is 0.118 e. The van der Waals surface area contributed by atoms with E-state index in [-0.39, 0.29) is 0 Å². The SMILES string of the molecule is COc1ccc(CO/C(C)=C(/C)I)cc1. The number of hydrogen-bond acceptors (Lipinski definition) is 2. The summed E-state index contributed by atoms with van der Waals surface area (Å²) < 4.78 is 11.9. The van der Waals surface area contributed by atoms with E-state index < -0.39 is 0 Å². The fourth-order valence-corrected chi connectivity index (χ4v) is 1.17. The van der Waals surface area contributed by atoms with Crippen molar-refractivity contribution in [3.63, 3.8) is 0 Å². The molecule has 0 aliphatic rings. The van der Waals surface area contributed by atoms with Crippen LogP contribution in [0, 0.1) is 0 Å². The minimum absolute atomic E-state index is 0.607. The molecular formula is C12H15IO2. The Morgan fingerprint density at radius 2 is 1.80 bits per heavy atom. The number of hydrogen-bond donors (Lipinski definition) is 0. The van der Waals surface area contributed by atoms with Crippen molar-refractivity contribution in [2.24, 2.45) is 0 Å². The molecule has 0 amide bonds. The third-order valence-electron chi connectivity index (χ3n) is 2.10. The van der Waals surface area contributed by atoms with Crippen LogP contribution in [0.15, 0.2) is 33.6 Å². The summed E-state index contributed by atoms with van der Waals surface area (Å²) in [7, 11) is 1.66. The van der Waals surface area contributed by atoms with Crippen molar-refractivity contribution in [3.05, 3.63) is 39.2 Å². The Morgan fingerprint density at radius 3 is 2.27 bits per heavy atom. The molecule has 0 radical (unpaired) electrons. The molecule has 0 spiro atoms. The Bertz CT molecular complexity index is 337. The zero-order chi connectivity index (χ0) is 11.3. The van der Waals surface area contributed by atoms with Crippen molar-refractivity contribution in [1.82, 2.24) is 0 Å². The van der Waals surface area contributed by atoms with E-state index in [1.165, 1.54) is 3.58 Å². The van der Waals surface area contributed by atoms with Crippen molar-refractivity contribution in [2.45, 2.75) is 20.5 Å². The maximum absolute atomic E-state index is 5.59. The second-order valence-corrected chi connectivity index (χ2v) is 4.84. The average molecular weight is 318 g/mol. The van der Waals surface area contributed by atoms with Gasteiger partial charge in [-0.25, -0.2) is 0 Å². The lowest BCUT2D eigenvalue weighted by atomic mass is 10.2. The quantitative estimate of drug-likeness (QED) is 0.619. The van der Waals surface area contributed by atoms with Gasteiger partial charge in [0.15, 0.2) is 0 Å². The molecule has 0 N–H and O–H groups in total. The minimum Gasteiger partial charge on any atom is -0.497 e. The van der Waals surface area contributed by atoms with Gasteiger partial charge in [0.2, 0.25) is 0 Å². The summed E-state index contributed by atoms with van der Waals surface area (Å²) in [6.45, 7) is 4.62. The summed E-state index contributed by atoms with van der Waals surface area (Å²) in [4.78, 5) is 0. The normalized spacial score (nSPS) is 12.0. The van der Waals surface area contributed by atoms with E-state index in [0.717, 1.165) is 17.1 Å². The molecule has 0 saturated heterocycles. The molecule has 0 bridgehead atoms. The molecule has 0 fully saturated rings. The number of ether oxygens (including phenoxy) is 2. The predicted molar refractivity (Wildman–Crippen MR) is 70.2 cm³/mol. The second-order valence-electron chi connectivity index (χ2n) is 3.23. The van der Waals surface area contributed by atoms with Crippen LogP contribution in [0.5, 0.6) is 5.75 Å². The van der Waals surface area contributed by atoms with Gasteiger partial charge in [0, 0.05) is 3.58 Å². The molecule has 0 unspecified atom stereocenters. The molecule has 1 aromatic rings. The summed E-state index contributed by atoms with van der Waals surface area (Å²) in [5.41, 5.74) is 1.15. The third kappa shape index (κ3) is 4.11. The van der Waals surface area contributed by atoms with Gasteiger partial charge in [-0.15, -0.1) is 0 Å². The van der Waals surface area contributed by atoms with Crippen molar-refractivity contribution < 1.29 is 9.47 Å². The van der Waals surface area contributed by atoms with Crippen LogP contribution in [0.2, 0.25) is 0 Å². The van der Waals surface area contributed by atoms with E-state index in [1.54, 1.807) is 7.11 Å². The first-order chi connectivity index (χ1) is 7.13. The highest BCUT2D eigenvalue weighted by Crippen LogP contribution is 2.16. The van der Waals surface area contributed by atoms with Crippen LogP contribution in [-0.4, -0.2) is 7.11 Å². The molecule has 0 aliphatic carbocycles. The van der Waals surface area contributed by atoms with Crippen LogP contribution in [0.4, 0.5) is 0 Å². The van der Waals surface area contributed by atoms with Crippen molar-refractivity contribution in [2.75, 3.05) is 7.11 Å². The Kier molecular flexibility index (Phi) is 4.94. The zero-order valence-electron chi connectivity index (χ0n) is 9.21. The number of benzene rings is 1. The summed E-state index contributed by atoms with van der Waals surface area (Å²) in [5, 5.41) is 0. The van der Waals surface area contributed by atoms with Crippen LogP contribution >= 0.6 is 22.6 Å². The Hall–Kier alpha value is -0.710. The van der Waals surface area contributed by atoms with Gasteiger partial charge >= 0.3 is 0 Å². The molecular weight excluding hydrogens is 303 g/mol. The number of methoxy groups -OCH3 is 1. The third-order valence-corrected chi connectivity index (χ3v) is 2.86. The van der Waals surface area contributed by atoms with Gasteiger partial charge in [-0.05, 0) is 54.1 Å². The summed E-state index contributed by atoms with van der Waals surface area (Å²) in [6.07, 6.45) is 0. The van der Waals surface area contributed by atoms with E-state index in [4.69, 9.17) is 9.47 Å². The lowest BCUT2D eigenvalue weighted by molar-refractivity contribution is 0.200. The highest BCUT2D eigenvalue weighted by Gasteiger charge is 1.97. The summed E-state index contributed by atoms with van der Waals surface area (Å²) >= 11 is 2.26. The van der Waals surface area contributed by atoms with E-state index in [0.29, 0.717) is 6.61 Å². The highest BCUT2D eigenvalue weighted by atomic mass is 127. The minimum atomic E-state index is 0.607. The van der Waals surface area contributed by atoms with Gasteiger partial charge in [-0.2, -0.15) is 0 Å². The average Bonchev–Trinajstić information content (AvgIpc) is 2.26. The smallest absolute Gasteiger partial charge is 0.118 e. The lowest BCUT2D eigenvalue weighted by Crippen LogP contribution is -1.92. The Balaban J connectivity index is 2.55. The molecule has 3 heteroatoms. The molecule has 0 atom stereocenters.